The van der Waals surface area contributed by atoms with Crippen molar-refractivity contribution in [1.82, 2.24) is 10.2 Å². The predicted octanol–water partition coefficient (Wildman–Crippen LogP) is 2.04. The maximum absolute atomic E-state index is 12.2. The summed E-state index contributed by atoms with van der Waals surface area (Å²) in [5.41, 5.74) is 1.13. The first-order chi connectivity index (χ1) is 11.6. The Balaban J connectivity index is 1.73. The van der Waals surface area contributed by atoms with E-state index in [2.05, 4.69) is 11.2 Å². The number of amides is 2. The Morgan fingerprint density at radius 1 is 1.50 bits per heavy atom. The van der Waals surface area contributed by atoms with Gasteiger partial charge in [0.2, 0.25) is 0 Å². The highest BCUT2D eigenvalue weighted by molar-refractivity contribution is 5.74. The number of nitrogens with zero attached hydrogens (tertiary/aromatic N) is 1. The zero-order chi connectivity index (χ0) is 17.4. The average Bonchev–Trinajstić information content (AvgIpc) is 2.61. The van der Waals surface area contributed by atoms with Gasteiger partial charge in [-0.2, -0.15) is 0 Å². The number of urea groups is 1. The molecule has 0 aromatic heterocycles. The van der Waals surface area contributed by atoms with E-state index in [0.717, 1.165) is 37.1 Å². The Morgan fingerprint density at radius 3 is 2.92 bits per heavy atom. The summed E-state index contributed by atoms with van der Waals surface area (Å²) in [7, 11) is 0. The molecule has 1 aromatic carbocycles. The molecule has 2 amide bonds. The number of likely N-dealkylation sites (tertiary alicyclic amines) is 1. The van der Waals surface area contributed by atoms with Gasteiger partial charge in [-0.15, -0.1) is 6.42 Å². The van der Waals surface area contributed by atoms with Crippen LogP contribution in [0.15, 0.2) is 24.3 Å². The van der Waals surface area contributed by atoms with Crippen molar-refractivity contribution in [2.75, 3.05) is 26.2 Å². The first kappa shape index (κ1) is 18.2. The van der Waals surface area contributed by atoms with E-state index in [-0.39, 0.29) is 24.7 Å². The summed E-state index contributed by atoms with van der Waals surface area (Å²) in [6, 6.07) is 7.66. The molecule has 2 N–H and O–H groups in total. The molecule has 1 saturated heterocycles. The minimum atomic E-state index is -0.365. The first-order valence-electron chi connectivity index (χ1n) is 8.46. The van der Waals surface area contributed by atoms with E-state index in [9.17, 15) is 9.90 Å². The summed E-state index contributed by atoms with van der Waals surface area (Å²) in [6.07, 6.45) is 7.48. The number of aliphatic hydroxyl groups is 1. The second kappa shape index (κ2) is 9.19. The quantitative estimate of drug-likeness (QED) is 0.785. The van der Waals surface area contributed by atoms with Gasteiger partial charge >= 0.3 is 6.03 Å². The largest absolute Gasteiger partial charge is 0.481 e. The Hall–Kier alpha value is -2.19. The summed E-state index contributed by atoms with van der Waals surface area (Å²) >= 11 is 0. The van der Waals surface area contributed by atoms with Crippen LogP contribution in [0.2, 0.25) is 0 Å². The highest BCUT2D eigenvalue weighted by atomic mass is 16.5. The normalized spacial score (nSPS) is 18.5. The maximum atomic E-state index is 12.2. The van der Waals surface area contributed by atoms with Crippen LogP contribution in [0.25, 0.3) is 0 Å². The van der Waals surface area contributed by atoms with Crippen molar-refractivity contribution in [1.29, 1.82) is 0 Å². The lowest BCUT2D eigenvalue weighted by molar-refractivity contribution is 0.0740. The third kappa shape index (κ3) is 5.47. The van der Waals surface area contributed by atoms with E-state index in [1.807, 2.05) is 24.3 Å². The van der Waals surface area contributed by atoms with E-state index < -0.39 is 0 Å². The molecule has 0 aliphatic carbocycles. The van der Waals surface area contributed by atoms with Crippen molar-refractivity contribution < 1.29 is 14.6 Å². The molecule has 0 bridgehead atoms. The molecule has 1 heterocycles. The van der Waals surface area contributed by atoms with Gasteiger partial charge < -0.3 is 20.1 Å². The van der Waals surface area contributed by atoms with Crippen molar-refractivity contribution in [2.24, 2.45) is 5.92 Å². The van der Waals surface area contributed by atoms with Gasteiger partial charge in [-0.25, -0.2) is 4.79 Å². The van der Waals surface area contributed by atoms with Crippen LogP contribution in [0.5, 0.6) is 5.75 Å². The molecule has 0 saturated carbocycles. The molecule has 130 valence electrons. The molecule has 5 nitrogen and oxygen atoms in total. The second-order valence-electron chi connectivity index (χ2n) is 6.21. The highest BCUT2D eigenvalue weighted by Gasteiger charge is 2.26. The van der Waals surface area contributed by atoms with Gasteiger partial charge in [0.15, 0.2) is 0 Å². The highest BCUT2D eigenvalue weighted by Crippen LogP contribution is 2.19. The Labute approximate surface area is 144 Å². The number of aliphatic hydroxyl groups excluding tert-OH is 1. The molecule has 1 fully saturated rings. The van der Waals surface area contributed by atoms with E-state index in [1.54, 1.807) is 11.8 Å². The van der Waals surface area contributed by atoms with Crippen LogP contribution >= 0.6 is 0 Å². The number of benzene rings is 1. The molecule has 1 aromatic rings. The summed E-state index contributed by atoms with van der Waals surface area (Å²) in [5, 5.41) is 12.7. The predicted molar refractivity (Wildman–Crippen MR) is 93.9 cm³/mol. The molecule has 1 aliphatic rings. The van der Waals surface area contributed by atoms with Gasteiger partial charge in [-0.05, 0) is 43.9 Å². The topological polar surface area (TPSA) is 61.8 Å². The number of ether oxygens (including phenoxy) is 1. The van der Waals surface area contributed by atoms with E-state index in [1.165, 1.54) is 0 Å². The molecular weight excluding hydrogens is 304 g/mol. The van der Waals surface area contributed by atoms with Gasteiger partial charge in [0.05, 0.1) is 6.10 Å². The number of rotatable bonds is 6. The van der Waals surface area contributed by atoms with Gasteiger partial charge in [-0.3, -0.25) is 0 Å². The molecule has 24 heavy (non-hydrogen) atoms. The third-order valence-electron chi connectivity index (χ3n) is 4.36. The van der Waals surface area contributed by atoms with E-state index >= 15 is 0 Å². The lowest BCUT2D eigenvalue weighted by Crippen LogP contribution is -2.47. The molecule has 1 aliphatic heterocycles. The summed E-state index contributed by atoms with van der Waals surface area (Å²) in [5.74, 6) is 3.36. The number of carbonyl (C=O) groups excluding carboxylic acids is 1. The van der Waals surface area contributed by atoms with Gasteiger partial charge in [0.25, 0.3) is 0 Å². The lowest BCUT2D eigenvalue weighted by Gasteiger charge is -2.34. The van der Waals surface area contributed by atoms with E-state index in [4.69, 9.17) is 11.2 Å². The Morgan fingerprint density at radius 2 is 2.25 bits per heavy atom. The van der Waals surface area contributed by atoms with Crippen LogP contribution in [0.1, 0.15) is 25.3 Å². The van der Waals surface area contributed by atoms with Crippen molar-refractivity contribution in [3.63, 3.8) is 0 Å². The van der Waals surface area contributed by atoms with E-state index in [0.29, 0.717) is 13.1 Å². The van der Waals surface area contributed by atoms with Crippen molar-refractivity contribution in [3.05, 3.63) is 29.8 Å². The standard InChI is InChI=1S/C19H26N2O3/c1-3-13-24-18-8-6-16(7-9-18)10-11-20-19(23)21-12-4-5-17(14-21)15(2)22/h1,6-9,15,17,22H,4-5,10-14H2,2H3,(H,20,23)/t15-,17+/m1/s1. The zero-order valence-electron chi connectivity index (χ0n) is 14.2. The molecule has 5 heteroatoms. The van der Waals surface area contributed by atoms with Crippen LogP contribution < -0.4 is 10.1 Å². The lowest BCUT2D eigenvalue weighted by atomic mass is 9.94. The van der Waals surface area contributed by atoms with Crippen molar-refractivity contribution >= 4 is 6.03 Å². The Kier molecular flexibility index (Phi) is 6.95. The van der Waals surface area contributed by atoms with Gasteiger partial charge in [-0.1, -0.05) is 18.1 Å². The number of carbonyl (C=O) groups is 1. The summed E-state index contributed by atoms with van der Waals surface area (Å²) < 4.78 is 5.33. The molecule has 0 spiro atoms. The Bertz CT molecular complexity index is 563. The number of hydrogen-bond acceptors (Lipinski definition) is 3. The third-order valence-corrected chi connectivity index (χ3v) is 4.36. The van der Waals surface area contributed by atoms with Crippen LogP contribution in [0, 0.1) is 18.3 Å². The van der Waals surface area contributed by atoms with Crippen LogP contribution in [0.3, 0.4) is 0 Å². The molecular formula is C19H26N2O3. The molecule has 2 atom stereocenters. The average molecular weight is 330 g/mol. The second-order valence-corrected chi connectivity index (χ2v) is 6.21. The number of nitrogens with one attached hydrogen (secondary N) is 1. The monoisotopic (exact) mass is 330 g/mol. The summed E-state index contributed by atoms with van der Waals surface area (Å²) in [6.45, 7) is 4.03. The minimum absolute atomic E-state index is 0.0469. The van der Waals surface area contributed by atoms with Crippen LogP contribution in [-0.4, -0.2) is 48.4 Å². The SMILES string of the molecule is C#CCOc1ccc(CCNC(=O)N2CCC[C@H]([C@@H](C)O)C2)cc1. The number of terminal acetylenes is 1. The number of piperidine rings is 1. The van der Waals surface area contributed by atoms with Crippen molar-refractivity contribution in [3.8, 4) is 18.1 Å². The smallest absolute Gasteiger partial charge is 0.317 e. The fourth-order valence-corrected chi connectivity index (χ4v) is 2.89. The fraction of sp³-hybridized carbons (Fsp3) is 0.526. The summed E-state index contributed by atoms with van der Waals surface area (Å²) in [4.78, 5) is 14.0. The maximum Gasteiger partial charge on any atom is 0.317 e. The minimum Gasteiger partial charge on any atom is -0.481 e. The first-order valence-corrected chi connectivity index (χ1v) is 8.46. The van der Waals surface area contributed by atoms with Gasteiger partial charge in [0, 0.05) is 25.6 Å². The number of hydrogen-bond donors (Lipinski definition) is 2. The molecule has 2 rings (SSSR count). The fourth-order valence-electron chi connectivity index (χ4n) is 2.89. The van der Waals surface area contributed by atoms with Crippen LogP contribution in [0.4, 0.5) is 4.79 Å². The zero-order valence-corrected chi connectivity index (χ0v) is 14.2. The van der Waals surface area contributed by atoms with Gasteiger partial charge in [0.1, 0.15) is 12.4 Å². The molecule has 0 unspecified atom stereocenters. The molecule has 0 radical (unpaired) electrons. The van der Waals surface area contributed by atoms with Crippen molar-refractivity contribution in [2.45, 2.75) is 32.3 Å². The van der Waals surface area contributed by atoms with Crippen LogP contribution in [-0.2, 0) is 6.42 Å².